The maximum Gasteiger partial charge on any atom is 0.328 e. The van der Waals surface area contributed by atoms with Crippen LogP contribution in [0.25, 0.3) is 0 Å². The summed E-state index contributed by atoms with van der Waals surface area (Å²) in [7, 11) is 0. The minimum atomic E-state index is -0.888. The molecular formula is C22H38O2. The number of rotatable bonds is 17. The van der Waals surface area contributed by atoms with Crippen LogP contribution in [0.1, 0.15) is 96.8 Å². The zero-order valence-corrected chi connectivity index (χ0v) is 15.7. The minimum absolute atomic E-state index is 0.888. The Morgan fingerprint density at radius 2 is 1.12 bits per heavy atom. The van der Waals surface area contributed by atoms with Crippen LogP contribution < -0.4 is 0 Å². The van der Waals surface area contributed by atoms with E-state index < -0.39 is 5.97 Å². The van der Waals surface area contributed by atoms with Gasteiger partial charge in [-0.25, -0.2) is 4.79 Å². The third-order valence-electron chi connectivity index (χ3n) is 4.12. The first-order chi connectivity index (χ1) is 11.8. The smallest absolute Gasteiger partial charge is 0.328 e. The van der Waals surface area contributed by atoms with Crippen molar-refractivity contribution in [3.05, 3.63) is 36.5 Å². The van der Waals surface area contributed by atoms with Gasteiger partial charge in [0.2, 0.25) is 0 Å². The van der Waals surface area contributed by atoms with Crippen molar-refractivity contribution in [1.82, 2.24) is 0 Å². The van der Waals surface area contributed by atoms with Crippen LogP contribution in [0.5, 0.6) is 0 Å². The lowest BCUT2D eigenvalue weighted by molar-refractivity contribution is -0.131. The van der Waals surface area contributed by atoms with E-state index >= 15 is 0 Å². The molecule has 0 aromatic carbocycles. The number of carboxylic acids is 1. The fourth-order valence-corrected chi connectivity index (χ4v) is 2.65. The van der Waals surface area contributed by atoms with Gasteiger partial charge in [-0.05, 0) is 38.5 Å². The van der Waals surface area contributed by atoms with E-state index in [0.29, 0.717) is 0 Å². The number of unbranched alkanes of at least 4 members (excludes halogenated alkanes) is 12. The van der Waals surface area contributed by atoms with Gasteiger partial charge < -0.3 is 5.11 Å². The summed E-state index contributed by atoms with van der Waals surface area (Å²) in [6, 6.07) is 0. The molecule has 138 valence electrons. The summed E-state index contributed by atoms with van der Waals surface area (Å²) in [6.45, 7) is 2.27. The highest BCUT2D eigenvalue weighted by Gasteiger charge is 1.90. The molecule has 1 N–H and O–H groups in total. The molecule has 0 aromatic heterocycles. The van der Waals surface area contributed by atoms with E-state index in [0.717, 1.165) is 12.5 Å². The van der Waals surface area contributed by atoms with Crippen molar-refractivity contribution in [3.8, 4) is 0 Å². The molecule has 0 spiro atoms. The van der Waals surface area contributed by atoms with Crippen molar-refractivity contribution in [2.75, 3.05) is 0 Å². The van der Waals surface area contributed by atoms with Crippen LogP contribution >= 0.6 is 0 Å². The van der Waals surface area contributed by atoms with E-state index in [1.807, 2.05) is 12.2 Å². The largest absolute Gasteiger partial charge is 0.478 e. The summed E-state index contributed by atoms with van der Waals surface area (Å²) in [6.07, 6.45) is 29.6. The monoisotopic (exact) mass is 334 g/mol. The Bertz CT molecular complexity index is 353. The zero-order valence-electron chi connectivity index (χ0n) is 15.7. The zero-order chi connectivity index (χ0) is 17.7. The fourth-order valence-electron chi connectivity index (χ4n) is 2.65. The first kappa shape index (κ1) is 22.7. The quantitative estimate of drug-likeness (QED) is 0.132. The second-order valence-corrected chi connectivity index (χ2v) is 6.50. The van der Waals surface area contributed by atoms with Gasteiger partial charge in [0.15, 0.2) is 0 Å². The van der Waals surface area contributed by atoms with E-state index in [2.05, 4.69) is 19.1 Å². The van der Waals surface area contributed by atoms with E-state index in [4.69, 9.17) is 5.11 Å². The maximum atomic E-state index is 10.3. The summed E-state index contributed by atoms with van der Waals surface area (Å²) < 4.78 is 0. The Morgan fingerprint density at radius 3 is 1.62 bits per heavy atom. The molecule has 24 heavy (non-hydrogen) atoms. The molecule has 0 bridgehead atoms. The summed E-state index contributed by atoms with van der Waals surface area (Å²) in [5.74, 6) is -0.888. The number of carbonyl (C=O) groups is 1. The lowest BCUT2D eigenvalue weighted by Gasteiger charge is -1.99. The highest BCUT2D eigenvalue weighted by Crippen LogP contribution is 2.10. The van der Waals surface area contributed by atoms with Crippen LogP contribution in [-0.4, -0.2) is 11.1 Å². The van der Waals surface area contributed by atoms with Crippen molar-refractivity contribution < 1.29 is 9.90 Å². The molecule has 0 aliphatic heterocycles. The molecule has 0 amide bonds. The predicted molar refractivity (Wildman–Crippen MR) is 105 cm³/mol. The second-order valence-electron chi connectivity index (χ2n) is 6.50. The van der Waals surface area contributed by atoms with Crippen molar-refractivity contribution >= 4 is 5.97 Å². The third kappa shape index (κ3) is 20.7. The standard InChI is InChI=1S/C22H38O2/c1-2-3-4-5-6-7-8-9-10-11-12-13-14-15-16-17-18-19-20-21-22(23)24/h9-10,18-21H,2-8,11-17H2,1H3,(H,23,24)/b10-9-,19-18+,21-20+. The van der Waals surface area contributed by atoms with Crippen LogP contribution in [-0.2, 0) is 4.79 Å². The third-order valence-corrected chi connectivity index (χ3v) is 4.12. The molecular weight excluding hydrogens is 296 g/mol. The average molecular weight is 335 g/mol. The highest BCUT2D eigenvalue weighted by atomic mass is 16.4. The molecule has 0 radical (unpaired) electrons. The Morgan fingerprint density at radius 1 is 0.667 bits per heavy atom. The number of hydrogen-bond acceptors (Lipinski definition) is 1. The van der Waals surface area contributed by atoms with Gasteiger partial charge in [-0.2, -0.15) is 0 Å². The molecule has 2 heteroatoms. The summed E-state index contributed by atoms with van der Waals surface area (Å²) >= 11 is 0. The molecule has 0 atom stereocenters. The van der Waals surface area contributed by atoms with Gasteiger partial charge in [0.25, 0.3) is 0 Å². The number of hydrogen-bond donors (Lipinski definition) is 1. The van der Waals surface area contributed by atoms with E-state index in [1.165, 1.54) is 83.5 Å². The van der Waals surface area contributed by atoms with Crippen molar-refractivity contribution in [2.24, 2.45) is 0 Å². The van der Waals surface area contributed by atoms with Gasteiger partial charge in [0.05, 0.1) is 0 Å². The molecule has 0 heterocycles. The van der Waals surface area contributed by atoms with Crippen LogP contribution in [0.3, 0.4) is 0 Å². The second kappa shape index (κ2) is 19.7. The lowest BCUT2D eigenvalue weighted by atomic mass is 10.1. The van der Waals surface area contributed by atoms with E-state index in [9.17, 15) is 4.79 Å². The Hall–Kier alpha value is -1.31. The Labute approximate surface area is 149 Å². The van der Waals surface area contributed by atoms with E-state index in [1.54, 1.807) is 6.08 Å². The van der Waals surface area contributed by atoms with Crippen LogP contribution in [0.15, 0.2) is 36.5 Å². The maximum absolute atomic E-state index is 10.3. The number of carboxylic acid groups (broad SMARTS) is 1. The first-order valence-electron chi connectivity index (χ1n) is 9.98. The fraction of sp³-hybridized carbons (Fsp3) is 0.682. The molecule has 0 saturated heterocycles. The number of allylic oxidation sites excluding steroid dienone is 5. The average Bonchev–Trinajstić information content (AvgIpc) is 2.56. The molecule has 0 unspecified atom stereocenters. The summed E-state index contributed by atoms with van der Waals surface area (Å²) in [5.41, 5.74) is 0. The summed E-state index contributed by atoms with van der Waals surface area (Å²) in [5, 5.41) is 8.43. The van der Waals surface area contributed by atoms with Crippen molar-refractivity contribution in [1.29, 1.82) is 0 Å². The molecule has 0 aliphatic rings. The van der Waals surface area contributed by atoms with Gasteiger partial charge in [0, 0.05) is 6.08 Å². The van der Waals surface area contributed by atoms with Gasteiger partial charge in [-0.15, -0.1) is 0 Å². The normalized spacial score (nSPS) is 12.0. The molecule has 0 aliphatic carbocycles. The molecule has 0 fully saturated rings. The summed E-state index contributed by atoms with van der Waals surface area (Å²) in [4.78, 5) is 10.3. The van der Waals surface area contributed by atoms with Gasteiger partial charge in [-0.3, -0.25) is 0 Å². The number of aliphatic carboxylic acids is 1. The SMILES string of the molecule is CCCCCCCC/C=C\CCCCCCC/C=C/C=C/C(=O)O. The molecule has 2 nitrogen and oxygen atoms in total. The van der Waals surface area contributed by atoms with E-state index in [-0.39, 0.29) is 0 Å². The minimum Gasteiger partial charge on any atom is -0.478 e. The van der Waals surface area contributed by atoms with Gasteiger partial charge >= 0.3 is 5.97 Å². The highest BCUT2D eigenvalue weighted by molar-refractivity contribution is 5.80. The molecule has 0 rings (SSSR count). The molecule has 0 aromatic rings. The topological polar surface area (TPSA) is 37.3 Å². The van der Waals surface area contributed by atoms with Crippen LogP contribution in [0, 0.1) is 0 Å². The Balaban J connectivity index is 3.19. The first-order valence-corrected chi connectivity index (χ1v) is 9.98. The van der Waals surface area contributed by atoms with Crippen LogP contribution in [0.4, 0.5) is 0 Å². The lowest BCUT2D eigenvalue weighted by Crippen LogP contribution is -1.84. The van der Waals surface area contributed by atoms with Crippen molar-refractivity contribution in [2.45, 2.75) is 96.8 Å². The van der Waals surface area contributed by atoms with Gasteiger partial charge in [0.1, 0.15) is 0 Å². The van der Waals surface area contributed by atoms with Crippen LogP contribution in [0.2, 0.25) is 0 Å². The Kier molecular flexibility index (Phi) is 18.7. The molecule has 0 saturated carbocycles. The predicted octanol–water partition coefficient (Wildman–Crippen LogP) is 7.22. The van der Waals surface area contributed by atoms with Crippen molar-refractivity contribution in [3.63, 3.8) is 0 Å². The van der Waals surface area contributed by atoms with Gasteiger partial charge in [-0.1, -0.05) is 88.7 Å².